The molecule has 1 rings (SSSR count). The molecule has 1 fully saturated rings. The third kappa shape index (κ3) is 2.80. The molecule has 1 heterocycles. The minimum Gasteiger partial charge on any atom is -0.468 e. The van der Waals surface area contributed by atoms with Gasteiger partial charge in [-0.05, 0) is 20.3 Å². The van der Waals surface area contributed by atoms with Crippen molar-refractivity contribution >= 4 is 17.7 Å². The topological polar surface area (TPSA) is 69.7 Å². The van der Waals surface area contributed by atoms with Gasteiger partial charge in [0.15, 0.2) is 5.78 Å². The number of methoxy groups -OCH3 is 1. The van der Waals surface area contributed by atoms with Crippen LogP contribution >= 0.6 is 0 Å². The van der Waals surface area contributed by atoms with E-state index < -0.39 is 17.3 Å². The predicted octanol–water partition coefficient (Wildman–Crippen LogP) is 1.73. The van der Waals surface area contributed by atoms with Crippen molar-refractivity contribution in [1.29, 1.82) is 0 Å². The van der Waals surface area contributed by atoms with Crippen molar-refractivity contribution in [3.8, 4) is 0 Å². The summed E-state index contributed by atoms with van der Waals surface area (Å²) in [5.74, 6) is -1.64. The van der Waals surface area contributed by atoms with E-state index in [1.165, 1.54) is 7.11 Å². The lowest BCUT2D eigenvalue weighted by molar-refractivity contribution is -0.158. The highest BCUT2D eigenvalue weighted by molar-refractivity contribution is 6.04. The standard InChI is InChI=1S/C14H22O5/c1-6-14(4,13(17)18-5)11(15)7-10-8(2)9(3)19-12(10)16/h8-10H,6-7H2,1-5H3/t8-,9+,10-,14+/m1/s1. The molecule has 0 amide bonds. The van der Waals surface area contributed by atoms with E-state index in [-0.39, 0.29) is 30.2 Å². The van der Waals surface area contributed by atoms with Gasteiger partial charge in [-0.3, -0.25) is 14.4 Å². The van der Waals surface area contributed by atoms with Crippen LogP contribution in [0.4, 0.5) is 0 Å². The molecule has 5 heteroatoms. The van der Waals surface area contributed by atoms with Crippen molar-refractivity contribution in [3.05, 3.63) is 0 Å². The molecular formula is C14H22O5. The van der Waals surface area contributed by atoms with Gasteiger partial charge in [0.1, 0.15) is 11.5 Å². The Morgan fingerprint density at radius 1 is 1.37 bits per heavy atom. The Labute approximate surface area is 113 Å². The number of Topliss-reactive ketones (excluding diaryl/α,β-unsaturated/α-hetero) is 1. The second-order valence-corrected chi connectivity index (χ2v) is 5.41. The number of cyclic esters (lactones) is 1. The van der Waals surface area contributed by atoms with E-state index in [2.05, 4.69) is 0 Å². The summed E-state index contributed by atoms with van der Waals surface area (Å²) >= 11 is 0. The molecular weight excluding hydrogens is 248 g/mol. The second kappa shape index (κ2) is 5.72. The van der Waals surface area contributed by atoms with Crippen molar-refractivity contribution in [3.63, 3.8) is 0 Å². The average molecular weight is 270 g/mol. The molecule has 4 atom stereocenters. The Kier molecular flexibility index (Phi) is 4.71. The van der Waals surface area contributed by atoms with Gasteiger partial charge in [-0.1, -0.05) is 13.8 Å². The highest BCUT2D eigenvalue weighted by Crippen LogP contribution is 2.34. The Bertz CT molecular complexity index is 389. The largest absolute Gasteiger partial charge is 0.468 e. The fourth-order valence-electron chi connectivity index (χ4n) is 2.29. The maximum atomic E-state index is 12.3. The van der Waals surface area contributed by atoms with Gasteiger partial charge in [-0.2, -0.15) is 0 Å². The molecule has 108 valence electrons. The van der Waals surface area contributed by atoms with Crippen molar-refractivity contribution in [2.45, 2.75) is 46.6 Å². The van der Waals surface area contributed by atoms with E-state index in [1.807, 2.05) is 13.8 Å². The molecule has 0 radical (unpaired) electrons. The maximum Gasteiger partial charge on any atom is 0.319 e. The van der Waals surface area contributed by atoms with Gasteiger partial charge >= 0.3 is 11.9 Å². The first kappa shape index (κ1) is 15.7. The summed E-state index contributed by atoms with van der Waals surface area (Å²) in [6.45, 7) is 7.02. The van der Waals surface area contributed by atoms with Gasteiger partial charge in [0, 0.05) is 12.3 Å². The highest BCUT2D eigenvalue weighted by atomic mass is 16.6. The molecule has 0 saturated carbocycles. The van der Waals surface area contributed by atoms with E-state index in [4.69, 9.17) is 9.47 Å². The van der Waals surface area contributed by atoms with Crippen LogP contribution < -0.4 is 0 Å². The Hall–Kier alpha value is -1.39. The first-order valence-corrected chi connectivity index (χ1v) is 6.60. The van der Waals surface area contributed by atoms with Gasteiger partial charge in [-0.15, -0.1) is 0 Å². The van der Waals surface area contributed by atoms with Gasteiger partial charge in [-0.25, -0.2) is 0 Å². The molecule has 1 aliphatic rings. The van der Waals surface area contributed by atoms with Crippen LogP contribution in [0, 0.1) is 17.3 Å². The van der Waals surface area contributed by atoms with Crippen molar-refractivity contribution in [2.75, 3.05) is 7.11 Å². The molecule has 0 aromatic carbocycles. The SMILES string of the molecule is CC[C@@](C)(C(=O)C[C@H]1C(=O)O[C@@H](C)[C@H]1C)C(=O)OC. The van der Waals surface area contributed by atoms with Gasteiger partial charge in [0.2, 0.25) is 0 Å². The summed E-state index contributed by atoms with van der Waals surface area (Å²) < 4.78 is 9.80. The smallest absolute Gasteiger partial charge is 0.319 e. The molecule has 0 aromatic heterocycles. The number of ether oxygens (including phenoxy) is 2. The zero-order valence-corrected chi connectivity index (χ0v) is 12.2. The number of hydrogen-bond acceptors (Lipinski definition) is 5. The van der Waals surface area contributed by atoms with Crippen LogP contribution in [0.2, 0.25) is 0 Å². The molecule has 5 nitrogen and oxygen atoms in total. The molecule has 0 aromatic rings. The number of hydrogen-bond donors (Lipinski definition) is 0. The monoisotopic (exact) mass is 270 g/mol. The van der Waals surface area contributed by atoms with Crippen LogP contribution in [-0.2, 0) is 23.9 Å². The number of rotatable bonds is 5. The van der Waals surface area contributed by atoms with Crippen LogP contribution in [-0.4, -0.2) is 30.9 Å². The number of ketones is 1. The molecule has 1 saturated heterocycles. The summed E-state index contributed by atoms with van der Waals surface area (Å²) in [5.41, 5.74) is -1.18. The van der Waals surface area contributed by atoms with E-state index in [9.17, 15) is 14.4 Å². The van der Waals surface area contributed by atoms with Crippen molar-refractivity contribution < 1.29 is 23.9 Å². The lowest BCUT2D eigenvalue weighted by Crippen LogP contribution is -2.39. The van der Waals surface area contributed by atoms with Crippen LogP contribution in [0.15, 0.2) is 0 Å². The molecule has 0 bridgehead atoms. The maximum absolute atomic E-state index is 12.3. The molecule has 19 heavy (non-hydrogen) atoms. The van der Waals surface area contributed by atoms with Gasteiger partial charge < -0.3 is 9.47 Å². The fraction of sp³-hybridized carbons (Fsp3) is 0.786. The van der Waals surface area contributed by atoms with E-state index in [1.54, 1.807) is 13.8 Å². The number of carbonyl (C=O) groups is 3. The Balaban J connectivity index is 2.84. The average Bonchev–Trinajstić information content (AvgIpc) is 2.63. The third-order valence-corrected chi connectivity index (χ3v) is 4.34. The lowest BCUT2D eigenvalue weighted by Gasteiger charge is -2.25. The third-order valence-electron chi connectivity index (χ3n) is 4.34. The summed E-state index contributed by atoms with van der Waals surface area (Å²) in [5, 5.41) is 0. The summed E-state index contributed by atoms with van der Waals surface area (Å²) in [4.78, 5) is 35.8. The molecule has 0 unspecified atom stereocenters. The minimum absolute atomic E-state index is 0.0183. The Morgan fingerprint density at radius 3 is 2.32 bits per heavy atom. The zero-order chi connectivity index (χ0) is 14.8. The second-order valence-electron chi connectivity index (χ2n) is 5.41. The van der Waals surface area contributed by atoms with Gasteiger partial charge in [0.25, 0.3) is 0 Å². The highest BCUT2D eigenvalue weighted by Gasteiger charge is 2.46. The van der Waals surface area contributed by atoms with Crippen LogP contribution in [0.5, 0.6) is 0 Å². The first-order chi connectivity index (χ1) is 8.77. The van der Waals surface area contributed by atoms with Gasteiger partial charge in [0.05, 0.1) is 13.0 Å². The van der Waals surface area contributed by atoms with Crippen molar-refractivity contribution in [2.24, 2.45) is 17.3 Å². The van der Waals surface area contributed by atoms with E-state index in [0.29, 0.717) is 6.42 Å². The van der Waals surface area contributed by atoms with Crippen LogP contribution in [0.25, 0.3) is 0 Å². The lowest BCUT2D eigenvalue weighted by atomic mass is 9.77. The zero-order valence-electron chi connectivity index (χ0n) is 12.2. The van der Waals surface area contributed by atoms with Crippen LogP contribution in [0.3, 0.4) is 0 Å². The summed E-state index contributed by atoms with van der Waals surface area (Å²) in [6, 6.07) is 0. The normalized spacial score (nSPS) is 29.5. The molecule has 1 aliphatic heterocycles. The summed E-state index contributed by atoms with van der Waals surface area (Å²) in [6.07, 6.45) is 0.199. The first-order valence-electron chi connectivity index (χ1n) is 6.60. The number of carbonyl (C=O) groups excluding carboxylic acids is 3. The van der Waals surface area contributed by atoms with E-state index in [0.717, 1.165) is 0 Å². The van der Waals surface area contributed by atoms with Crippen LogP contribution in [0.1, 0.15) is 40.5 Å². The predicted molar refractivity (Wildman–Crippen MR) is 68.2 cm³/mol. The summed E-state index contributed by atoms with van der Waals surface area (Å²) in [7, 11) is 1.26. The Morgan fingerprint density at radius 2 is 1.95 bits per heavy atom. The quantitative estimate of drug-likeness (QED) is 0.562. The van der Waals surface area contributed by atoms with Crippen molar-refractivity contribution in [1.82, 2.24) is 0 Å². The minimum atomic E-state index is -1.18. The number of esters is 2. The molecule has 0 N–H and O–H groups in total. The molecule has 0 spiro atoms. The fourth-order valence-corrected chi connectivity index (χ4v) is 2.29. The molecule has 0 aliphatic carbocycles. The van der Waals surface area contributed by atoms with E-state index >= 15 is 0 Å².